The molecular formula is C12H19ClN4O2. The molecular weight excluding hydrogens is 268 g/mol. The predicted molar refractivity (Wildman–Crippen MR) is 72.2 cm³/mol. The smallest absolute Gasteiger partial charge is 0.316 e. The van der Waals surface area contributed by atoms with E-state index >= 15 is 0 Å². The van der Waals surface area contributed by atoms with Crippen molar-refractivity contribution < 1.29 is 9.21 Å². The Balaban J connectivity index is 1.88. The van der Waals surface area contributed by atoms with Gasteiger partial charge in [0, 0.05) is 25.4 Å². The Morgan fingerprint density at radius 3 is 2.84 bits per heavy atom. The van der Waals surface area contributed by atoms with Gasteiger partial charge in [-0.2, -0.15) is 0 Å². The summed E-state index contributed by atoms with van der Waals surface area (Å²) < 4.78 is 5.34. The first-order valence-corrected chi connectivity index (χ1v) is 7.18. The maximum Gasteiger partial charge on any atom is 0.316 e. The number of aryl methyl sites for hydroxylation is 1. The molecule has 2 rings (SSSR count). The maximum atomic E-state index is 12.2. The van der Waals surface area contributed by atoms with E-state index in [2.05, 4.69) is 15.5 Å². The molecule has 19 heavy (non-hydrogen) atoms. The molecule has 1 unspecified atom stereocenters. The molecule has 1 aliphatic rings. The molecule has 0 aromatic carbocycles. The predicted octanol–water partition coefficient (Wildman–Crippen LogP) is 1.66. The third-order valence-corrected chi connectivity index (χ3v) is 3.34. The summed E-state index contributed by atoms with van der Waals surface area (Å²) in [5, 5.41) is 10.6. The molecule has 0 aliphatic carbocycles. The standard InChI is InChI=1S/C12H19ClN4O2/c1-9(11(18)17-7-3-2-4-8-17)14-12-16-15-10(19-12)5-6-13/h9H,2-8H2,1H3,(H,14,16). The van der Waals surface area contributed by atoms with Crippen molar-refractivity contribution in [2.45, 2.75) is 38.6 Å². The number of aromatic nitrogens is 2. The fourth-order valence-electron chi connectivity index (χ4n) is 2.13. The van der Waals surface area contributed by atoms with Gasteiger partial charge in [-0.15, -0.1) is 16.7 Å². The van der Waals surface area contributed by atoms with Gasteiger partial charge in [-0.25, -0.2) is 0 Å². The van der Waals surface area contributed by atoms with Gasteiger partial charge in [0.1, 0.15) is 6.04 Å². The highest BCUT2D eigenvalue weighted by Crippen LogP contribution is 2.13. The van der Waals surface area contributed by atoms with Crippen LogP contribution in [0.4, 0.5) is 6.01 Å². The molecule has 1 amide bonds. The SMILES string of the molecule is CC(Nc1nnc(CCCl)o1)C(=O)N1CCCCC1. The van der Waals surface area contributed by atoms with Crippen LogP contribution in [0.5, 0.6) is 0 Å². The van der Waals surface area contributed by atoms with Crippen molar-refractivity contribution in [2.75, 3.05) is 24.3 Å². The van der Waals surface area contributed by atoms with Gasteiger partial charge in [-0.3, -0.25) is 4.79 Å². The number of amides is 1. The van der Waals surface area contributed by atoms with Gasteiger partial charge in [-0.05, 0) is 26.2 Å². The number of nitrogens with zero attached hydrogens (tertiary/aromatic N) is 3. The number of rotatable bonds is 5. The van der Waals surface area contributed by atoms with Gasteiger partial charge in [0.2, 0.25) is 11.8 Å². The normalized spacial score (nSPS) is 17.3. The summed E-state index contributed by atoms with van der Waals surface area (Å²) in [4.78, 5) is 14.1. The summed E-state index contributed by atoms with van der Waals surface area (Å²) in [5.41, 5.74) is 0. The van der Waals surface area contributed by atoms with Gasteiger partial charge in [0.25, 0.3) is 0 Å². The number of carbonyl (C=O) groups is 1. The van der Waals surface area contributed by atoms with E-state index in [1.54, 1.807) is 0 Å². The van der Waals surface area contributed by atoms with Crippen LogP contribution in [0.2, 0.25) is 0 Å². The fourth-order valence-corrected chi connectivity index (χ4v) is 2.29. The molecule has 1 N–H and O–H groups in total. The molecule has 0 spiro atoms. The highest BCUT2D eigenvalue weighted by Gasteiger charge is 2.23. The Labute approximate surface area is 117 Å². The number of halogens is 1. The average Bonchev–Trinajstić information content (AvgIpc) is 2.86. The molecule has 1 atom stereocenters. The van der Waals surface area contributed by atoms with Crippen LogP contribution in [0.25, 0.3) is 0 Å². The molecule has 1 aliphatic heterocycles. The van der Waals surface area contributed by atoms with Crippen molar-refractivity contribution in [3.63, 3.8) is 0 Å². The number of alkyl halides is 1. The van der Waals surface area contributed by atoms with Crippen molar-refractivity contribution in [2.24, 2.45) is 0 Å². The van der Waals surface area contributed by atoms with E-state index in [9.17, 15) is 4.79 Å². The summed E-state index contributed by atoms with van der Waals surface area (Å²) in [6, 6.07) is -0.0830. The van der Waals surface area contributed by atoms with Gasteiger partial charge in [0.05, 0.1) is 0 Å². The molecule has 1 saturated heterocycles. The summed E-state index contributed by atoms with van der Waals surface area (Å²) in [6.07, 6.45) is 3.90. The Morgan fingerprint density at radius 1 is 1.42 bits per heavy atom. The number of hydrogen-bond donors (Lipinski definition) is 1. The first-order chi connectivity index (χ1) is 9.20. The third-order valence-electron chi connectivity index (χ3n) is 3.15. The minimum absolute atomic E-state index is 0.0804. The fraction of sp³-hybridized carbons (Fsp3) is 0.750. The molecule has 2 heterocycles. The van der Waals surface area contributed by atoms with E-state index in [0.29, 0.717) is 18.2 Å². The quantitative estimate of drug-likeness (QED) is 0.834. The van der Waals surface area contributed by atoms with Crippen LogP contribution in [-0.2, 0) is 11.2 Å². The van der Waals surface area contributed by atoms with Gasteiger partial charge in [0.15, 0.2) is 0 Å². The number of anilines is 1. The van der Waals surface area contributed by atoms with Crippen LogP contribution in [0.1, 0.15) is 32.1 Å². The molecule has 6 nitrogen and oxygen atoms in total. The zero-order valence-corrected chi connectivity index (χ0v) is 11.8. The second kappa shape index (κ2) is 6.75. The van der Waals surface area contributed by atoms with Crippen molar-refractivity contribution >= 4 is 23.5 Å². The third kappa shape index (κ3) is 3.83. The lowest BCUT2D eigenvalue weighted by Crippen LogP contribution is -2.43. The average molecular weight is 287 g/mol. The van der Waals surface area contributed by atoms with Crippen LogP contribution in [0.3, 0.4) is 0 Å². The number of hydrogen-bond acceptors (Lipinski definition) is 5. The van der Waals surface area contributed by atoms with Crippen molar-refractivity contribution in [1.82, 2.24) is 15.1 Å². The van der Waals surface area contributed by atoms with E-state index in [0.717, 1.165) is 25.9 Å². The van der Waals surface area contributed by atoms with E-state index in [1.807, 2.05) is 11.8 Å². The number of nitrogens with one attached hydrogen (secondary N) is 1. The van der Waals surface area contributed by atoms with Crippen LogP contribution >= 0.6 is 11.6 Å². The first-order valence-electron chi connectivity index (χ1n) is 6.64. The minimum atomic E-state index is -0.359. The largest absolute Gasteiger partial charge is 0.408 e. The lowest BCUT2D eigenvalue weighted by atomic mass is 10.1. The second-order valence-electron chi connectivity index (χ2n) is 4.69. The Kier molecular flexibility index (Phi) is 5.01. The van der Waals surface area contributed by atoms with E-state index < -0.39 is 0 Å². The first kappa shape index (κ1) is 14.1. The molecule has 1 aromatic heterocycles. The van der Waals surface area contributed by atoms with Gasteiger partial charge in [-0.1, -0.05) is 5.10 Å². The summed E-state index contributed by atoms with van der Waals surface area (Å²) in [6.45, 7) is 3.49. The van der Waals surface area contributed by atoms with Gasteiger partial charge < -0.3 is 14.6 Å². The summed E-state index contributed by atoms with van der Waals surface area (Å²) in [7, 11) is 0. The van der Waals surface area contributed by atoms with E-state index in [1.165, 1.54) is 6.42 Å². The number of likely N-dealkylation sites (tertiary alicyclic amines) is 1. The van der Waals surface area contributed by atoms with Crippen LogP contribution < -0.4 is 5.32 Å². The van der Waals surface area contributed by atoms with E-state index in [-0.39, 0.29) is 18.0 Å². The van der Waals surface area contributed by atoms with Gasteiger partial charge >= 0.3 is 6.01 Å². The topological polar surface area (TPSA) is 71.3 Å². The molecule has 0 bridgehead atoms. The summed E-state index contributed by atoms with van der Waals surface area (Å²) >= 11 is 5.59. The zero-order valence-electron chi connectivity index (χ0n) is 11.1. The van der Waals surface area contributed by atoms with Crippen molar-refractivity contribution in [1.29, 1.82) is 0 Å². The van der Waals surface area contributed by atoms with Crippen LogP contribution in [0.15, 0.2) is 4.42 Å². The summed E-state index contributed by atoms with van der Waals surface area (Å²) in [5.74, 6) is 0.996. The molecule has 106 valence electrons. The lowest BCUT2D eigenvalue weighted by Gasteiger charge is -2.29. The molecule has 0 radical (unpaired) electrons. The monoisotopic (exact) mass is 286 g/mol. The molecule has 1 fully saturated rings. The van der Waals surface area contributed by atoms with E-state index in [4.69, 9.17) is 16.0 Å². The van der Waals surface area contributed by atoms with Crippen molar-refractivity contribution in [3.05, 3.63) is 5.89 Å². The maximum absolute atomic E-state index is 12.2. The zero-order chi connectivity index (χ0) is 13.7. The second-order valence-corrected chi connectivity index (χ2v) is 5.07. The number of piperidine rings is 1. The lowest BCUT2D eigenvalue weighted by molar-refractivity contribution is -0.132. The van der Waals surface area contributed by atoms with Crippen LogP contribution in [0, 0.1) is 0 Å². The Hall–Kier alpha value is -1.30. The Morgan fingerprint density at radius 2 is 2.16 bits per heavy atom. The molecule has 0 saturated carbocycles. The minimum Gasteiger partial charge on any atom is -0.408 e. The highest BCUT2D eigenvalue weighted by molar-refractivity contribution is 6.17. The highest BCUT2D eigenvalue weighted by atomic mass is 35.5. The Bertz CT molecular complexity index is 418. The molecule has 1 aromatic rings. The number of carbonyl (C=O) groups excluding carboxylic acids is 1. The van der Waals surface area contributed by atoms with Crippen molar-refractivity contribution in [3.8, 4) is 0 Å². The van der Waals surface area contributed by atoms with Crippen LogP contribution in [-0.4, -0.2) is 46.0 Å². The molecule has 7 heteroatoms.